The van der Waals surface area contributed by atoms with Gasteiger partial charge in [-0.05, 0) is 0 Å². The van der Waals surface area contributed by atoms with Gasteiger partial charge in [0.05, 0.1) is 6.61 Å². The molecule has 0 aromatic heterocycles. The zero-order chi connectivity index (χ0) is 22.7. The molecule has 1 amide bonds. The molecule has 0 bridgehead atoms. The molecule has 10 unspecified atom stereocenters. The molecule has 14 heteroatoms. The van der Waals surface area contributed by atoms with Gasteiger partial charge in [0.2, 0.25) is 5.91 Å². The molecule has 10 atom stereocenters. The van der Waals surface area contributed by atoms with Crippen LogP contribution in [0.4, 0.5) is 0 Å². The molecule has 5 N–H and O–H groups in total. The molecule has 0 saturated carbocycles. The quantitative estimate of drug-likeness (QED) is 0.243. The highest BCUT2D eigenvalue weighted by Crippen LogP contribution is 2.33. The fraction of sp³-hybridized carbons (Fsp3) is 0.875. The van der Waals surface area contributed by atoms with Gasteiger partial charge < -0.3 is 49.2 Å². The number of amides is 1. The normalized spacial score (nSPS) is 42.0. The summed E-state index contributed by atoms with van der Waals surface area (Å²) < 4.78 is 26.9. The van der Waals surface area contributed by atoms with Crippen molar-refractivity contribution in [3.63, 3.8) is 0 Å². The van der Waals surface area contributed by atoms with Crippen LogP contribution in [0.25, 0.3) is 0 Å². The number of nitrogens with zero attached hydrogens (tertiary/aromatic N) is 1. The lowest BCUT2D eigenvalue weighted by atomic mass is 9.95. The highest BCUT2D eigenvalue weighted by molar-refractivity contribution is 6.21. The van der Waals surface area contributed by atoms with Gasteiger partial charge in [-0.1, -0.05) is 0 Å². The van der Waals surface area contributed by atoms with Crippen molar-refractivity contribution in [1.82, 2.24) is 4.42 Å². The van der Waals surface area contributed by atoms with Crippen LogP contribution >= 0.6 is 11.8 Å². The minimum Gasteiger partial charge on any atom is -0.479 e. The predicted octanol–water partition coefficient (Wildman–Crippen LogP) is -2.99. The summed E-state index contributed by atoms with van der Waals surface area (Å²) in [5.41, 5.74) is 0. The van der Waals surface area contributed by atoms with E-state index in [1.165, 1.54) is 7.11 Å². The van der Waals surface area contributed by atoms with E-state index in [9.17, 15) is 35.1 Å². The first kappa shape index (κ1) is 25.1. The molecule has 0 radical (unpaired) electrons. The number of carbonyl (C=O) groups excluding carboxylic acids is 1. The van der Waals surface area contributed by atoms with Crippen LogP contribution < -0.4 is 0 Å². The largest absolute Gasteiger partial charge is 0.479 e. The molecule has 2 fully saturated rings. The Morgan fingerprint density at radius 3 is 2.10 bits per heavy atom. The first-order valence-electron chi connectivity index (χ1n) is 8.94. The first-order chi connectivity index (χ1) is 14.1. The average Bonchev–Trinajstić information content (AvgIpc) is 2.71. The standard InChI is InChI=1S/C16H26ClNO12/c1-5(20)18(17)7-11(8(21)6(4-19)28-15(7)27-3)29-16-10(23)9(22)12(26-2)13(30-16)14(24)25/h6-13,15-16,19,21-23H,4H2,1-3H3,(H,24,25). The van der Waals surface area contributed by atoms with Gasteiger partial charge in [0, 0.05) is 32.9 Å². The molecule has 30 heavy (non-hydrogen) atoms. The summed E-state index contributed by atoms with van der Waals surface area (Å²) in [6.45, 7) is 0.469. The van der Waals surface area contributed by atoms with Crippen molar-refractivity contribution in [2.75, 3.05) is 20.8 Å². The molecule has 0 aliphatic carbocycles. The lowest BCUT2D eigenvalue weighted by Crippen LogP contribution is -2.67. The SMILES string of the molecule is COC1OC(CO)C(O)C(OC2OC(C(=O)O)C(OC)C(O)C2O)C1N(Cl)C(C)=O. The number of rotatable bonds is 7. The van der Waals surface area contributed by atoms with Crippen molar-refractivity contribution in [3.05, 3.63) is 0 Å². The van der Waals surface area contributed by atoms with Crippen molar-refractivity contribution in [2.45, 2.75) is 68.3 Å². The first-order valence-corrected chi connectivity index (χ1v) is 9.28. The Hall–Kier alpha value is -1.13. The molecule has 174 valence electrons. The molecule has 0 aromatic rings. The zero-order valence-corrected chi connectivity index (χ0v) is 17.2. The van der Waals surface area contributed by atoms with Crippen LogP contribution in [-0.4, -0.2) is 124 Å². The maximum atomic E-state index is 11.8. The second-order valence-corrected chi connectivity index (χ2v) is 7.18. The lowest BCUT2D eigenvalue weighted by molar-refractivity contribution is -0.343. The molecule has 2 rings (SSSR count). The number of aliphatic carboxylic acids is 1. The van der Waals surface area contributed by atoms with Crippen LogP contribution in [0.15, 0.2) is 0 Å². The number of hydrogen-bond acceptors (Lipinski definition) is 11. The van der Waals surface area contributed by atoms with E-state index in [-0.39, 0.29) is 0 Å². The Balaban J connectivity index is 2.36. The number of aliphatic hydroxyl groups excluding tert-OH is 4. The van der Waals surface area contributed by atoms with E-state index < -0.39 is 79.8 Å². The molecule has 0 aromatic carbocycles. The van der Waals surface area contributed by atoms with Crippen LogP contribution in [0.1, 0.15) is 6.92 Å². The Morgan fingerprint density at radius 2 is 1.63 bits per heavy atom. The van der Waals surface area contributed by atoms with Crippen molar-refractivity contribution < 1.29 is 58.8 Å². The lowest BCUT2D eigenvalue weighted by Gasteiger charge is -2.48. The van der Waals surface area contributed by atoms with Crippen LogP contribution in [-0.2, 0) is 33.3 Å². The van der Waals surface area contributed by atoms with Gasteiger partial charge in [-0.2, -0.15) is 0 Å². The molecule has 2 aliphatic rings. The predicted molar refractivity (Wildman–Crippen MR) is 94.9 cm³/mol. The van der Waals surface area contributed by atoms with Gasteiger partial charge in [-0.3, -0.25) is 4.79 Å². The van der Waals surface area contributed by atoms with Gasteiger partial charge in [-0.25, -0.2) is 9.21 Å². The summed E-state index contributed by atoms with van der Waals surface area (Å²) in [4.78, 5) is 23.3. The van der Waals surface area contributed by atoms with E-state index in [1.54, 1.807) is 0 Å². The number of methoxy groups -OCH3 is 2. The van der Waals surface area contributed by atoms with Crippen LogP contribution in [0.5, 0.6) is 0 Å². The maximum Gasteiger partial charge on any atom is 0.335 e. The van der Waals surface area contributed by atoms with Crippen molar-refractivity contribution >= 4 is 23.7 Å². The van der Waals surface area contributed by atoms with E-state index in [2.05, 4.69) is 0 Å². The molecule has 2 saturated heterocycles. The van der Waals surface area contributed by atoms with E-state index in [1.807, 2.05) is 0 Å². The van der Waals surface area contributed by atoms with E-state index in [4.69, 9.17) is 35.5 Å². The number of hydrogen-bond donors (Lipinski definition) is 5. The van der Waals surface area contributed by atoms with Crippen LogP contribution in [0.2, 0.25) is 0 Å². The fourth-order valence-corrected chi connectivity index (χ4v) is 3.62. The minimum atomic E-state index is -1.78. The highest BCUT2D eigenvalue weighted by Gasteiger charge is 2.54. The maximum absolute atomic E-state index is 11.8. The van der Waals surface area contributed by atoms with Crippen LogP contribution in [0, 0.1) is 0 Å². The second kappa shape index (κ2) is 10.5. The molecular formula is C16H26ClNO12. The summed E-state index contributed by atoms with van der Waals surface area (Å²) in [5, 5.41) is 50.0. The fourth-order valence-electron chi connectivity index (χ4n) is 3.42. The van der Waals surface area contributed by atoms with E-state index in [0.29, 0.717) is 4.42 Å². The number of halogens is 1. The molecule has 2 heterocycles. The Bertz CT molecular complexity index is 611. The van der Waals surface area contributed by atoms with Gasteiger partial charge >= 0.3 is 5.97 Å². The molecule has 0 spiro atoms. The Morgan fingerprint density at radius 1 is 1.00 bits per heavy atom. The summed E-state index contributed by atoms with van der Waals surface area (Å²) in [5.74, 6) is -2.15. The monoisotopic (exact) mass is 459 g/mol. The highest BCUT2D eigenvalue weighted by atomic mass is 35.5. The summed E-state index contributed by atoms with van der Waals surface area (Å²) in [6, 6.07) is -1.29. The third kappa shape index (κ3) is 4.85. The summed E-state index contributed by atoms with van der Waals surface area (Å²) in [7, 11) is 2.36. The van der Waals surface area contributed by atoms with Crippen molar-refractivity contribution in [2.24, 2.45) is 0 Å². The molecule has 2 aliphatic heterocycles. The van der Waals surface area contributed by atoms with Gasteiger partial charge in [-0.15, -0.1) is 0 Å². The third-order valence-electron chi connectivity index (χ3n) is 4.97. The van der Waals surface area contributed by atoms with Crippen molar-refractivity contribution in [3.8, 4) is 0 Å². The number of aliphatic hydroxyl groups is 4. The Labute approximate surface area is 176 Å². The summed E-state index contributed by atoms with van der Waals surface area (Å²) >= 11 is 6.03. The second-order valence-electron chi connectivity index (χ2n) is 6.82. The smallest absolute Gasteiger partial charge is 0.335 e. The zero-order valence-electron chi connectivity index (χ0n) is 16.4. The van der Waals surface area contributed by atoms with E-state index in [0.717, 1.165) is 14.0 Å². The Kier molecular flexibility index (Phi) is 8.76. The minimum absolute atomic E-state index is 0.647. The van der Waals surface area contributed by atoms with Gasteiger partial charge in [0.15, 0.2) is 18.7 Å². The molecule has 13 nitrogen and oxygen atoms in total. The number of carbonyl (C=O) groups is 2. The topological polar surface area (TPSA) is 185 Å². The average molecular weight is 460 g/mol. The number of carboxylic acids is 1. The van der Waals surface area contributed by atoms with Gasteiger partial charge in [0.1, 0.15) is 42.7 Å². The van der Waals surface area contributed by atoms with Gasteiger partial charge in [0.25, 0.3) is 0 Å². The third-order valence-corrected chi connectivity index (χ3v) is 5.43. The number of carboxylic acid groups (broad SMARTS) is 1. The van der Waals surface area contributed by atoms with Crippen molar-refractivity contribution in [1.29, 1.82) is 0 Å². The summed E-state index contributed by atoms with van der Waals surface area (Å²) in [6.07, 6.45) is -13.9. The van der Waals surface area contributed by atoms with Crippen LogP contribution in [0.3, 0.4) is 0 Å². The molecular weight excluding hydrogens is 434 g/mol. The van der Waals surface area contributed by atoms with E-state index >= 15 is 0 Å². The number of ether oxygens (including phenoxy) is 5.